The fourth-order valence-electron chi connectivity index (χ4n) is 8.20. The summed E-state index contributed by atoms with van der Waals surface area (Å²) in [5, 5.41) is 4.39. The fraction of sp³-hybridized carbons (Fsp3) is 0. The van der Waals surface area contributed by atoms with E-state index in [4.69, 9.17) is 15.0 Å². The molecule has 0 fully saturated rings. The molecule has 0 atom stereocenters. The summed E-state index contributed by atoms with van der Waals surface area (Å²) in [4.78, 5) is 15.4. The van der Waals surface area contributed by atoms with Crippen LogP contribution in [0.15, 0.2) is 210 Å². The van der Waals surface area contributed by atoms with Crippen LogP contribution in [0.4, 0.5) is 0 Å². The van der Waals surface area contributed by atoms with E-state index in [1.807, 2.05) is 121 Å². The van der Waals surface area contributed by atoms with Crippen molar-refractivity contribution in [2.45, 2.75) is 9.79 Å². The second-order valence-electron chi connectivity index (χ2n) is 14.5. The lowest BCUT2D eigenvalue weighted by molar-refractivity contribution is 0.596. The van der Waals surface area contributed by atoms with Gasteiger partial charge in [-0.05, 0) is 77.9 Å². The number of rotatable bonds is 7. The van der Waals surface area contributed by atoms with Crippen LogP contribution in [0.2, 0.25) is 0 Å². The third-order valence-corrected chi connectivity index (χ3v) is 12.8. The van der Waals surface area contributed by atoms with Gasteiger partial charge < -0.3 is 4.57 Å². The van der Waals surface area contributed by atoms with Crippen molar-refractivity contribution in [1.82, 2.24) is 24.1 Å². The van der Waals surface area contributed by atoms with E-state index in [1.165, 1.54) is 0 Å². The van der Waals surface area contributed by atoms with Crippen molar-refractivity contribution in [3.05, 3.63) is 200 Å². The maximum Gasteiger partial charge on any atom is 0.238 e. The van der Waals surface area contributed by atoms with Crippen LogP contribution in [-0.4, -0.2) is 32.5 Å². The van der Waals surface area contributed by atoms with E-state index in [1.54, 1.807) is 24.3 Å². The van der Waals surface area contributed by atoms with Gasteiger partial charge in [0.25, 0.3) is 0 Å². The summed E-state index contributed by atoms with van der Waals surface area (Å²) in [6.45, 7) is 0. The maximum absolute atomic E-state index is 14.0. The van der Waals surface area contributed by atoms with E-state index < -0.39 is 9.84 Å². The Morgan fingerprint density at radius 3 is 1.31 bits per heavy atom. The summed E-state index contributed by atoms with van der Waals surface area (Å²) in [6.07, 6.45) is 0. The highest BCUT2D eigenvalue weighted by molar-refractivity contribution is 7.91. The van der Waals surface area contributed by atoms with Crippen molar-refractivity contribution < 1.29 is 8.42 Å². The number of para-hydroxylation sites is 3. The molecular formula is C51H33N5O2S. The molecule has 0 aliphatic heterocycles. The number of aromatic nitrogens is 5. The second-order valence-corrected chi connectivity index (χ2v) is 16.4. The van der Waals surface area contributed by atoms with Gasteiger partial charge in [-0.2, -0.15) is 9.97 Å². The minimum absolute atomic E-state index is 0.238. The molecule has 59 heavy (non-hydrogen) atoms. The number of nitrogens with zero attached hydrogens (tertiary/aromatic N) is 5. The topological polar surface area (TPSA) is 82.7 Å². The van der Waals surface area contributed by atoms with Gasteiger partial charge in [0.2, 0.25) is 15.8 Å². The monoisotopic (exact) mass is 779 g/mol. The van der Waals surface area contributed by atoms with Crippen molar-refractivity contribution in [3.8, 4) is 45.5 Å². The van der Waals surface area contributed by atoms with Crippen molar-refractivity contribution in [2.75, 3.05) is 0 Å². The van der Waals surface area contributed by atoms with E-state index >= 15 is 0 Å². The summed E-state index contributed by atoms with van der Waals surface area (Å²) in [5.74, 6) is 1.70. The molecule has 0 amide bonds. The molecule has 0 radical (unpaired) electrons. The van der Waals surface area contributed by atoms with Crippen molar-refractivity contribution in [3.63, 3.8) is 0 Å². The minimum atomic E-state index is -3.78. The van der Waals surface area contributed by atoms with E-state index in [9.17, 15) is 8.42 Å². The average Bonchev–Trinajstić information content (AvgIpc) is 3.82. The third kappa shape index (κ3) is 5.80. The van der Waals surface area contributed by atoms with Gasteiger partial charge in [-0.25, -0.2) is 13.4 Å². The first-order valence-corrected chi connectivity index (χ1v) is 20.8. The number of fused-ring (bicyclic) bond motifs is 6. The van der Waals surface area contributed by atoms with Crippen LogP contribution in [0.3, 0.4) is 0 Å². The molecule has 7 nitrogen and oxygen atoms in total. The van der Waals surface area contributed by atoms with E-state index in [0.717, 1.165) is 71.6 Å². The number of hydrogen-bond acceptors (Lipinski definition) is 5. The highest BCUT2D eigenvalue weighted by Gasteiger charge is 2.21. The Kier molecular flexibility index (Phi) is 8.06. The Bertz CT molecular complexity index is 3380. The maximum atomic E-state index is 14.0. The van der Waals surface area contributed by atoms with Gasteiger partial charge in [0.05, 0.1) is 31.9 Å². The van der Waals surface area contributed by atoms with Gasteiger partial charge in [0.15, 0.2) is 11.6 Å². The summed E-state index contributed by atoms with van der Waals surface area (Å²) in [6, 6.07) is 65.3. The zero-order valence-corrected chi connectivity index (χ0v) is 32.3. The molecule has 0 N–H and O–H groups in total. The normalized spacial score (nSPS) is 11.9. The van der Waals surface area contributed by atoms with Crippen molar-refractivity contribution in [2.24, 2.45) is 0 Å². The van der Waals surface area contributed by atoms with Gasteiger partial charge in [-0.3, -0.25) is 4.57 Å². The molecule has 0 aliphatic rings. The van der Waals surface area contributed by atoms with Gasteiger partial charge in [0.1, 0.15) is 0 Å². The molecule has 8 heteroatoms. The van der Waals surface area contributed by atoms with Gasteiger partial charge in [-0.1, -0.05) is 133 Å². The molecular weight excluding hydrogens is 747 g/mol. The summed E-state index contributed by atoms with van der Waals surface area (Å²) in [7, 11) is -3.78. The average molecular weight is 780 g/mol. The zero-order valence-electron chi connectivity index (χ0n) is 31.5. The highest BCUT2D eigenvalue weighted by atomic mass is 32.2. The molecule has 8 aromatic carbocycles. The molecule has 0 saturated carbocycles. The molecule has 3 aromatic heterocycles. The standard InChI is InChI=1S/C51H33N5O2S/c57-59(58,40-30-26-38(27-31-40)55-45-20-10-7-17-41(45)42-18-8-11-21-46(42)55)39-28-23-34(24-29-39)37-25-32-48-44(33-37)43-19-9-12-22-47(43)56(48)51-53-49(35-13-3-1-4-14-35)52-50(54-51)36-15-5-2-6-16-36/h1-33H. The molecule has 0 unspecified atom stereocenters. The summed E-state index contributed by atoms with van der Waals surface area (Å²) < 4.78 is 32.2. The fourth-order valence-corrected chi connectivity index (χ4v) is 9.46. The van der Waals surface area contributed by atoms with E-state index in [0.29, 0.717) is 17.6 Å². The predicted octanol–water partition coefficient (Wildman–Crippen LogP) is 11.9. The predicted molar refractivity (Wildman–Crippen MR) is 237 cm³/mol. The van der Waals surface area contributed by atoms with Crippen LogP contribution in [0.25, 0.3) is 89.2 Å². The zero-order chi connectivity index (χ0) is 39.5. The largest absolute Gasteiger partial charge is 0.309 e. The smallest absolute Gasteiger partial charge is 0.238 e. The van der Waals surface area contributed by atoms with E-state index in [2.05, 4.69) is 63.7 Å². The van der Waals surface area contributed by atoms with Crippen molar-refractivity contribution in [1.29, 1.82) is 0 Å². The third-order valence-electron chi connectivity index (χ3n) is 11.0. The Labute approximate surface area is 340 Å². The lowest BCUT2D eigenvalue weighted by Gasteiger charge is -2.11. The Balaban J connectivity index is 0.950. The highest BCUT2D eigenvalue weighted by Crippen LogP contribution is 2.36. The van der Waals surface area contributed by atoms with E-state index in [-0.39, 0.29) is 9.79 Å². The molecule has 0 saturated heterocycles. The quantitative estimate of drug-likeness (QED) is 0.161. The molecule has 0 bridgehead atoms. The SMILES string of the molecule is O=S(=O)(c1ccc(-c2ccc3c(c2)c2ccccc2n3-c2nc(-c3ccccc3)nc(-c3ccccc3)n2)cc1)c1ccc(-n2c3ccccc3c3ccccc32)cc1. The Morgan fingerprint density at radius 1 is 0.339 bits per heavy atom. The van der Waals surface area contributed by atoms with Crippen LogP contribution in [0.1, 0.15) is 0 Å². The minimum Gasteiger partial charge on any atom is -0.309 e. The second kappa shape index (κ2) is 13.8. The summed E-state index contributed by atoms with van der Waals surface area (Å²) in [5.41, 5.74) is 8.63. The molecule has 11 rings (SSSR count). The first-order valence-electron chi connectivity index (χ1n) is 19.4. The van der Waals surface area contributed by atoms with Gasteiger partial charge in [0, 0.05) is 38.4 Å². The first-order chi connectivity index (χ1) is 29.0. The van der Waals surface area contributed by atoms with Crippen LogP contribution >= 0.6 is 0 Å². The molecule has 0 aliphatic carbocycles. The molecule has 11 aromatic rings. The lowest BCUT2D eigenvalue weighted by atomic mass is 10.0. The first kappa shape index (κ1) is 34.6. The van der Waals surface area contributed by atoms with Gasteiger partial charge >= 0.3 is 0 Å². The number of sulfone groups is 1. The van der Waals surface area contributed by atoms with Crippen LogP contribution in [-0.2, 0) is 9.84 Å². The Hall–Kier alpha value is -7.68. The molecule has 280 valence electrons. The van der Waals surface area contributed by atoms with Crippen LogP contribution in [0.5, 0.6) is 0 Å². The molecule has 0 spiro atoms. The summed E-state index contributed by atoms with van der Waals surface area (Å²) >= 11 is 0. The van der Waals surface area contributed by atoms with Crippen LogP contribution < -0.4 is 0 Å². The Morgan fingerprint density at radius 2 is 0.763 bits per heavy atom. The number of benzene rings is 8. The van der Waals surface area contributed by atoms with Crippen LogP contribution in [0, 0.1) is 0 Å². The number of hydrogen-bond donors (Lipinski definition) is 0. The van der Waals surface area contributed by atoms with Crippen molar-refractivity contribution >= 4 is 53.4 Å². The lowest BCUT2D eigenvalue weighted by Crippen LogP contribution is -2.06. The van der Waals surface area contributed by atoms with Gasteiger partial charge in [-0.15, -0.1) is 0 Å². The molecule has 3 heterocycles.